The topological polar surface area (TPSA) is 63.5 Å². The molecule has 8 heteroatoms. The molecule has 3 rings (SSSR count). The molecule has 0 amide bonds. The van der Waals surface area contributed by atoms with Gasteiger partial charge in [0.15, 0.2) is 5.96 Å². The Morgan fingerprint density at radius 3 is 2.63 bits per heavy atom. The van der Waals surface area contributed by atoms with E-state index in [1.807, 2.05) is 18.2 Å². The third-order valence-electron chi connectivity index (χ3n) is 5.04. The number of hydrogen-bond donors (Lipinski definition) is 2. The zero-order chi connectivity index (χ0) is 21.6. The molecule has 0 aliphatic carbocycles. The lowest BCUT2D eigenvalue weighted by atomic mass is 10.1. The zero-order valence-corrected chi connectivity index (χ0v) is 16.7. The molecule has 2 N–H and O–H groups in total. The molecule has 0 spiro atoms. The average Bonchev–Trinajstić information content (AvgIpc) is 3.17. The van der Waals surface area contributed by atoms with Crippen molar-refractivity contribution >= 4 is 5.96 Å². The van der Waals surface area contributed by atoms with E-state index in [1.54, 1.807) is 25.2 Å². The molecule has 0 aromatic heterocycles. The Labute approximate surface area is 174 Å². The lowest BCUT2D eigenvalue weighted by Crippen LogP contribution is -2.44. The second-order valence-electron chi connectivity index (χ2n) is 7.30. The van der Waals surface area contributed by atoms with Gasteiger partial charge in [-0.05, 0) is 41.8 Å². The van der Waals surface area contributed by atoms with Crippen molar-refractivity contribution in [1.29, 1.82) is 5.26 Å². The number of halogens is 3. The first kappa shape index (κ1) is 21.7. The fourth-order valence-corrected chi connectivity index (χ4v) is 3.48. The summed E-state index contributed by atoms with van der Waals surface area (Å²) >= 11 is 0. The third kappa shape index (κ3) is 5.97. The predicted molar refractivity (Wildman–Crippen MR) is 110 cm³/mol. The number of nitrogens with one attached hydrogen (secondary N) is 2. The van der Waals surface area contributed by atoms with Crippen molar-refractivity contribution in [3.05, 3.63) is 70.8 Å². The number of alkyl halides is 3. The van der Waals surface area contributed by atoms with Gasteiger partial charge in [-0.15, -0.1) is 0 Å². The third-order valence-corrected chi connectivity index (χ3v) is 5.04. The minimum absolute atomic E-state index is 0.205. The highest BCUT2D eigenvalue weighted by molar-refractivity contribution is 5.80. The lowest BCUT2D eigenvalue weighted by molar-refractivity contribution is -0.137. The van der Waals surface area contributed by atoms with E-state index in [0.29, 0.717) is 24.6 Å². The molecule has 1 atom stereocenters. The van der Waals surface area contributed by atoms with Gasteiger partial charge in [0.25, 0.3) is 0 Å². The maximum Gasteiger partial charge on any atom is 0.416 e. The summed E-state index contributed by atoms with van der Waals surface area (Å²) in [7, 11) is 1.70. The molecule has 1 unspecified atom stereocenters. The van der Waals surface area contributed by atoms with Crippen LogP contribution in [0.3, 0.4) is 0 Å². The second-order valence-corrected chi connectivity index (χ2v) is 7.30. The van der Waals surface area contributed by atoms with E-state index in [1.165, 1.54) is 0 Å². The van der Waals surface area contributed by atoms with Crippen LogP contribution < -0.4 is 10.6 Å². The van der Waals surface area contributed by atoms with E-state index >= 15 is 0 Å². The molecule has 0 saturated carbocycles. The molecule has 158 valence electrons. The normalized spacial score (nSPS) is 17.6. The van der Waals surface area contributed by atoms with Crippen molar-refractivity contribution in [2.45, 2.75) is 31.7 Å². The van der Waals surface area contributed by atoms with Crippen LogP contribution in [-0.4, -0.2) is 37.0 Å². The fraction of sp³-hybridized carbons (Fsp3) is 0.364. The Kier molecular flexibility index (Phi) is 6.95. The first-order valence-corrected chi connectivity index (χ1v) is 9.72. The van der Waals surface area contributed by atoms with E-state index in [0.717, 1.165) is 42.8 Å². The van der Waals surface area contributed by atoms with Gasteiger partial charge in [-0.2, -0.15) is 18.4 Å². The van der Waals surface area contributed by atoms with Crippen LogP contribution in [0, 0.1) is 11.3 Å². The Hall–Kier alpha value is -3.05. The molecular formula is C22H24F3N5. The standard InChI is InChI=1S/C22H24F3N5/c1-27-21(28-13-18-4-2-3-17(11-18)12-26)29-20-9-10-30(15-20)14-16-5-7-19(8-6-16)22(23,24)25/h2-8,11,20H,9-10,13-15H2,1H3,(H2,27,28,29). The Balaban J connectivity index is 1.48. The van der Waals surface area contributed by atoms with Crippen molar-refractivity contribution in [2.24, 2.45) is 4.99 Å². The number of benzene rings is 2. The number of aliphatic imine (C=N–C) groups is 1. The first-order chi connectivity index (χ1) is 14.4. The van der Waals surface area contributed by atoms with E-state index in [9.17, 15) is 13.2 Å². The van der Waals surface area contributed by atoms with Crippen molar-refractivity contribution in [1.82, 2.24) is 15.5 Å². The maximum atomic E-state index is 12.7. The smallest absolute Gasteiger partial charge is 0.352 e. The molecule has 30 heavy (non-hydrogen) atoms. The Morgan fingerprint density at radius 1 is 1.20 bits per heavy atom. The highest BCUT2D eigenvalue weighted by Gasteiger charge is 2.30. The number of likely N-dealkylation sites (tertiary alicyclic amines) is 1. The Morgan fingerprint density at radius 2 is 1.97 bits per heavy atom. The van der Waals surface area contributed by atoms with Gasteiger partial charge in [0.1, 0.15) is 0 Å². The van der Waals surface area contributed by atoms with Gasteiger partial charge in [0.2, 0.25) is 0 Å². The van der Waals surface area contributed by atoms with Crippen LogP contribution in [0.5, 0.6) is 0 Å². The number of hydrogen-bond acceptors (Lipinski definition) is 3. The van der Waals surface area contributed by atoms with Gasteiger partial charge in [-0.25, -0.2) is 0 Å². The molecule has 1 fully saturated rings. The molecule has 0 radical (unpaired) electrons. The monoisotopic (exact) mass is 415 g/mol. The molecule has 1 aliphatic rings. The van der Waals surface area contributed by atoms with Crippen molar-refractivity contribution in [2.75, 3.05) is 20.1 Å². The highest BCUT2D eigenvalue weighted by Crippen LogP contribution is 2.29. The zero-order valence-electron chi connectivity index (χ0n) is 16.7. The van der Waals surface area contributed by atoms with E-state index in [2.05, 4.69) is 26.6 Å². The summed E-state index contributed by atoms with van der Waals surface area (Å²) in [5.74, 6) is 0.679. The van der Waals surface area contributed by atoms with Gasteiger partial charge in [0.05, 0.1) is 17.2 Å². The van der Waals surface area contributed by atoms with E-state index in [-0.39, 0.29) is 6.04 Å². The predicted octanol–water partition coefficient (Wildman–Crippen LogP) is 3.52. The number of nitrogens with zero attached hydrogens (tertiary/aromatic N) is 3. The van der Waals surface area contributed by atoms with Crippen molar-refractivity contribution in [3.8, 4) is 6.07 Å². The van der Waals surface area contributed by atoms with E-state index in [4.69, 9.17) is 5.26 Å². The van der Waals surface area contributed by atoms with Gasteiger partial charge in [0, 0.05) is 39.3 Å². The quantitative estimate of drug-likeness (QED) is 0.580. The summed E-state index contributed by atoms with van der Waals surface area (Å²) in [6.45, 7) is 2.81. The van der Waals surface area contributed by atoms with E-state index < -0.39 is 11.7 Å². The highest BCUT2D eigenvalue weighted by atomic mass is 19.4. The molecule has 1 aliphatic heterocycles. The number of nitriles is 1. The van der Waals surface area contributed by atoms with Crippen LogP contribution in [-0.2, 0) is 19.3 Å². The first-order valence-electron chi connectivity index (χ1n) is 9.72. The summed E-state index contributed by atoms with van der Waals surface area (Å²) in [5, 5.41) is 15.6. The second kappa shape index (κ2) is 9.63. The van der Waals surface area contributed by atoms with Gasteiger partial charge in [-0.1, -0.05) is 24.3 Å². The Bertz CT molecular complexity index is 916. The molecule has 0 bridgehead atoms. The van der Waals surface area contributed by atoms with Crippen molar-refractivity contribution < 1.29 is 13.2 Å². The molecule has 2 aromatic rings. The molecular weight excluding hydrogens is 391 g/mol. The molecule has 1 saturated heterocycles. The SMILES string of the molecule is CN=C(NCc1cccc(C#N)c1)NC1CCN(Cc2ccc(C(F)(F)F)cc2)C1. The van der Waals surface area contributed by atoms with Crippen LogP contribution in [0.2, 0.25) is 0 Å². The number of guanidine groups is 1. The van der Waals surface area contributed by atoms with Crippen LogP contribution in [0.25, 0.3) is 0 Å². The van der Waals surface area contributed by atoms with Gasteiger partial charge < -0.3 is 10.6 Å². The molecule has 1 heterocycles. The largest absolute Gasteiger partial charge is 0.416 e. The van der Waals surface area contributed by atoms with Crippen LogP contribution in [0.1, 0.15) is 28.7 Å². The molecule has 5 nitrogen and oxygen atoms in total. The van der Waals surface area contributed by atoms with Gasteiger partial charge >= 0.3 is 6.18 Å². The lowest BCUT2D eigenvalue weighted by Gasteiger charge is -2.19. The summed E-state index contributed by atoms with van der Waals surface area (Å²) in [6, 6.07) is 15.1. The van der Waals surface area contributed by atoms with Gasteiger partial charge in [-0.3, -0.25) is 9.89 Å². The van der Waals surface area contributed by atoms with Crippen LogP contribution in [0.15, 0.2) is 53.5 Å². The summed E-state index contributed by atoms with van der Waals surface area (Å²) in [6.07, 6.45) is -3.38. The summed E-state index contributed by atoms with van der Waals surface area (Å²) in [5.41, 5.74) is 1.85. The summed E-state index contributed by atoms with van der Waals surface area (Å²) in [4.78, 5) is 6.47. The average molecular weight is 415 g/mol. The number of rotatable bonds is 5. The summed E-state index contributed by atoms with van der Waals surface area (Å²) < 4.78 is 38.1. The van der Waals surface area contributed by atoms with Crippen LogP contribution in [0.4, 0.5) is 13.2 Å². The maximum absolute atomic E-state index is 12.7. The fourth-order valence-electron chi connectivity index (χ4n) is 3.48. The molecule has 2 aromatic carbocycles. The van der Waals surface area contributed by atoms with Crippen LogP contribution >= 0.6 is 0 Å². The minimum Gasteiger partial charge on any atom is -0.352 e. The minimum atomic E-state index is -4.31. The van der Waals surface area contributed by atoms with Crippen molar-refractivity contribution in [3.63, 3.8) is 0 Å².